The third-order valence-electron chi connectivity index (χ3n) is 5.70. The molecule has 31 heavy (non-hydrogen) atoms. The highest BCUT2D eigenvalue weighted by molar-refractivity contribution is 6.18. The number of benzene rings is 2. The van der Waals surface area contributed by atoms with E-state index in [2.05, 4.69) is 15.4 Å². The summed E-state index contributed by atoms with van der Waals surface area (Å²) in [6.45, 7) is 0. The van der Waals surface area contributed by atoms with E-state index in [1.807, 2.05) is 24.3 Å². The summed E-state index contributed by atoms with van der Waals surface area (Å²) in [6, 6.07) is 13.6. The quantitative estimate of drug-likeness (QED) is 0.651. The van der Waals surface area contributed by atoms with Crippen molar-refractivity contribution in [3.63, 3.8) is 0 Å². The first kappa shape index (κ1) is 19.2. The second kappa shape index (κ2) is 7.50. The Labute approximate surface area is 177 Å². The molecule has 2 aromatic carbocycles. The van der Waals surface area contributed by atoms with Gasteiger partial charge in [0.2, 0.25) is 17.8 Å². The fourth-order valence-corrected chi connectivity index (χ4v) is 4.08. The zero-order valence-corrected chi connectivity index (χ0v) is 16.8. The molecule has 2 aliphatic rings. The SMILES string of the molecule is COc1ccc(C2CC(c3ccc(F)cc3)n3nc(N4C(=O)CCC4=O)nc3N2)cc1. The molecule has 1 N–H and O–H groups in total. The third kappa shape index (κ3) is 3.41. The number of aromatic nitrogens is 3. The lowest BCUT2D eigenvalue weighted by Crippen LogP contribution is -2.30. The number of hydrogen-bond acceptors (Lipinski definition) is 6. The van der Waals surface area contributed by atoms with E-state index in [1.165, 1.54) is 12.1 Å². The molecule has 0 saturated carbocycles. The number of nitrogens with zero attached hydrogens (tertiary/aromatic N) is 4. The van der Waals surface area contributed by atoms with Gasteiger partial charge in [-0.3, -0.25) is 9.59 Å². The van der Waals surface area contributed by atoms with E-state index in [1.54, 1.807) is 23.9 Å². The molecule has 8 nitrogen and oxygen atoms in total. The van der Waals surface area contributed by atoms with E-state index >= 15 is 0 Å². The average Bonchev–Trinajstić information content (AvgIpc) is 3.35. The van der Waals surface area contributed by atoms with Crippen LogP contribution in [-0.2, 0) is 9.59 Å². The summed E-state index contributed by atoms with van der Waals surface area (Å²) < 4.78 is 20.4. The summed E-state index contributed by atoms with van der Waals surface area (Å²) in [5, 5.41) is 7.84. The summed E-state index contributed by atoms with van der Waals surface area (Å²) >= 11 is 0. The van der Waals surface area contributed by atoms with E-state index in [0.29, 0.717) is 12.4 Å². The first-order chi connectivity index (χ1) is 15.0. The maximum absolute atomic E-state index is 13.5. The van der Waals surface area contributed by atoms with Gasteiger partial charge in [0.1, 0.15) is 11.6 Å². The molecule has 2 amide bonds. The minimum Gasteiger partial charge on any atom is -0.497 e. The summed E-state index contributed by atoms with van der Waals surface area (Å²) in [7, 11) is 1.61. The number of amides is 2. The van der Waals surface area contributed by atoms with Crippen molar-refractivity contribution in [1.82, 2.24) is 14.8 Å². The van der Waals surface area contributed by atoms with Crippen molar-refractivity contribution in [2.75, 3.05) is 17.3 Å². The molecule has 0 spiro atoms. The highest BCUT2D eigenvalue weighted by Gasteiger charge is 2.37. The zero-order chi connectivity index (χ0) is 21.5. The van der Waals surface area contributed by atoms with E-state index in [4.69, 9.17) is 4.74 Å². The molecule has 2 atom stereocenters. The Hall–Kier alpha value is -3.75. The highest BCUT2D eigenvalue weighted by Crippen LogP contribution is 2.39. The molecule has 0 radical (unpaired) electrons. The number of ether oxygens (including phenoxy) is 1. The molecule has 3 heterocycles. The fraction of sp³-hybridized carbons (Fsp3) is 0.273. The topological polar surface area (TPSA) is 89.4 Å². The van der Waals surface area contributed by atoms with Crippen LogP contribution in [0.5, 0.6) is 5.75 Å². The van der Waals surface area contributed by atoms with Gasteiger partial charge in [-0.1, -0.05) is 24.3 Å². The van der Waals surface area contributed by atoms with Gasteiger partial charge in [-0.05, 0) is 41.8 Å². The number of carbonyl (C=O) groups is 2. The molecular weight excluding hydrogens is 401 g/mol. The molecule has 1 aromatic heterocycles. The first-order valence-corrected chi connectivity index (χ1v) is 10.0. The molecule has 1 fully saturated rings. The highest BCUT2D eigenvalue weighted by atomic mass is 19.1. The monoisotopic (exact) mass is 421 g/mol. The number of hydrogen-bond donors (Lipinski definition) is 1. The molecule has 9 heteroatoms. The number of anilines is 2. The Balaban J connectivity index is 1.55. The largest absolute Gasteiger partial charge is 0.497 e. The zero-order valence-electron chi connectivity index (χ0n) is 16.8. The molecule has 0 aliphatic carbocycles. The first-order valence-electron chi connectivity index (χ1n) is 10.0. The molecule has 1 saturated heterocycles. The van der Waals surface area contributed by atoms with Gasteiger partial charge in [0.05, 0.1) is 19.2 Å². The molecule has 0 bridgehead atoms. The number of carbonyl (C=O) groups excluding carboxylic acids is 2. The maximum Gasteiger partial charge on any atom is 0.260 e. The van der Waals surface area contributed by atoms with Gasteiger partial charge in [0.15, 0.2) is 0 Å². The van der Waals surface area contributed by atoms with Crippen LogP contribution in [0.1, 0.15) is 42.5 Å². The van der Waals surface area contributed by atoms with Crippen molar-refractivity contribution in [2.45, 2.75) is 31.3 Å². The Kier molecular flexibility index (Phi) is 4.65. The van der Waals surface area contributed by atoms with Crippen LogP contribution in [0.3, 0.4) is 0 Å². The number of nitrogens with one attached hydrogen (secondary N) is 1. The number of fused-ring (bicyclic) bond motifs is 1. The lowest BCUT2D eigenvalue weighted by Gasteiger charge is -2.31. The summed E-state index contributed by atoms with van der Waals surface area (Å²) in [6.07, 6.45) is 0.938. The number of imide groups is 1. The van der Waals surface area contributed by atoms with Crippen LogP contribution in [0.15, 0.2) is 48.5 Å². The predicted molar refractivity (Wildman–Crippen MR) is 110 cm³/mol. The van der Waals surface area contributed by atoms with Crippen molar-refractivity contribution in [2.24, 2.45) is 0 Å². The smallest absolute Gasteiger partial charge is 0.260 e. The fourth-order valence-electron chi connectivity index (χ4n) is 4.08. The van der Waals surface area contributed by atoms with Crippen molar-refractivity contribution >= 4 is 23.7 Å². The number of halogens is 1. The second-order valence-electron chi connectivity index (χ2n) is 7.58. The normalized spacial score (nSPS) is 20.5. The molecular formula is C22H20FN5O3. The second-order valence-corrected chi connectivity index (χ2v) is 7.58. The summed E-state index contributed by atoms with van der Waals surface area (Å²) in [4.78, 5) is 29.9. The van der Waals surface area contributed by atoms with Crippen LogP contribution in [-0.4, -0.2) is 33.7 Å². The minimum absolute atomic E-state index is 0.0671. The molecule has 2 unspecified atom stereocenters. The number of rotatable bonds is 4. The molecule has 5 rings (SSSR count). The lowest BCUT2D eigenvalue weighted by molar-refractivity contribution is -0.121. The van der Waals surface area contributed by atoms with Crippen molar-refractivity contribution in [1.29, 1.82) is 0 Å². The Morgan fingerprint density at radius 2 is 1.65 bits per heavy atom. The van der Waals surface area contributed by atoms with Gasteiger partial charge in [0.25, 0.3) is 5.95 Å². The van der Waals surface area contributed by atoms with Crippen LogP contribution in [0.4, 0.5) is 16.3 Å². The molecule has 158 valence electrons. The average molecular weight is 421 g/mol. The Bertz CT molecular complexity index is 1130. The van der Waals surface area contributed by atoms with E-state index in [9.17, 15) is 14.0 Å². The van der Waals surface area contributed by atoms with Gasteiger partial charge in [-0.2, -0.15) is 4.98 Å². The van der Waals surface area contributed by atoms with Crippen LogP contribution < -0.4 is 15.0 Å². The van der Waals surface area contributed by atoms with E-state index < -0.39 is 0 Å². The lowest BCUT2D eigenvalue weighted by atomic mass is 9.93. The standard InChI is InChI=1S/C22H20FN5O3/c1-31-16-8-4-13(5-9-16)17-12-18(14-2-6-15(23)7-3-14)28-21(24-17)25-22(26-28)27-19(29)10-11-20(27)30/h2-9,17-18H,10-12H2,1H3,(H,24,25,26). The van der Waals surface area contributed by atoms with Crippen molar-refractivity contribution in [3.05, 3.63) is 65.5 Å². The van der Waals surface area contributed by atoms with Gasteiger partial charge in [-0.15, -0.1) is 5.10 Å². The Morgan fingerprint density at radius 3 is 2.29 bits per heavy atom. The van der Waals surface area contributed by atoms with Gasteiger partial charge in [0, 0.05) is 12.8 Å². The minimum atomic E-state index is -0.322. The van der Waals surface area contributed by atoms with Crippen LogP contribution in [0, 0.1) is 5.82 Å². The van der Waals surface area contributed by atoms with Crippen LogP contribution in [0.2, 0.25) is 0 Å². The predicted octanol–water partition coefficient (Wildman–Crippen LogP) is 3.23. The van der Waals surface area contributed by atoms with Gasteiger partial charge >= 0.3 is 0 Å². The van der Waals surface area contributed by atoms with E-state index in [0.717, 1.165) is 21.8 Å². The maximum atomic E-state index is 13.5. The molecule has 3 aromatic rings. The summed E-state index contributed by atoms with van der Waals surface area (Å²) in [5.41, 5.74) is 1.88. The van der Waals surface area contributed by atoms with Gasteiger partial charge in [-0.25, -0.2) is 14.0 Å². The van der Waals surface area contributed by atoms with Gasteiger partial charge < -0.3 is 10.1 Å². The van der Waals surface area contributed by atoms with Crippen molar-refractivity contribution in [3.8, 4) is 5.75 Å². The van der Waals surface area contributed by atoms with E-state index in [-0.39, 0.29) is 48.5 Å². The Morgan fingerprint density at radius 1 is 1.00 bits per heavy atom. The molecule has 2 aliphatic heterocycles. The van der Waals surface area contributed by atoms with Crippen LogP contribution in [0.25, 0.3) is 0 Å². The number of methoxy groups -OCH3 is 1. The van der Waals surface area contributed by atoms with Crippen molar-refractivity contribution < 1.29 is 18.7 Å². The third-order valence-corrected chi connectivity index (χ3v) is 5.70. The van der Waals surface area contributed by atoms with Crippen LogP contribution >= 0.6 is 0 Å². The summed E-state index contributed by atoms with van der Waals surface area (Å²) in [5.74, 6) is 0.334.